The third-order valence-electron chi connectivity index (χ3n) is 3.64. The Labute approximate surface area is 177 Å². The topological polar surface area (TPSA) is 56.2 Å². The zero-order valence-corrected chi connectivity index (χ0v) is 17.1. The van der Waals surface area contributed by atoms with E-state index in [1.54, 1.807) is 6.07 Å². The number of anilines is 1. The number of ether oxygens (including phenoxy) is 1. The lowest BCUT2D eigenvalue weighted by Gasteiger charge is -2.11. The second-order valence-corrected chi connectivity index (χ2v) is 7.32. The van der Waals surface area contributed by atoms with Crippen molar-refractivity contribution in [3.63, 3.8) is 0 Å². The van der Waals surface area contributed by atoms with Gasteiger partial charge in [-0.25, -0.2) is 0 Å². The minimum absolute atomic E-state index is 0.0849. The van der Waals surface area contributed by atoms with Gasteiger partial charge in [0, 0.05) is 15.7 Å². The minimum Gasteiger partial charge on any atom is -0.434 e. The van der Waals surface area contributed by atoms with E-state index in [1.807, 2.05) is 18.2 Å². The van der Waals surface area contributed by atoms with Crippen LogP contribution < -0.4 is 10.1 Å². The van der Waals surface area contributed by atoms with E-state index in [9.17, 15) is 13.6 Å². The molecule has 0 aliphatic rings. The van der Waals surface area contributed by atoms with Gasteiger partial charge in [-0.2, -0.15) is 13.9 Å². The first-order valence-corrected chi connectivity index (χ1v) is 9.40. The van der Waals surface area contributed by atoms with Crippen molar-refractivity contribution in [2.24, 2.45) is 0 Å². The SMILES string of the molecule is O=C(Nc1nn(Cc2ccccc2Cl)cc1Cl)c1cc(Br)ccc1OC(F)F. The number of aromatic nitrogens is 2. The Balaban J connectivity index is 1.81. The van der Waals surface area contributed by atoms with Crippen LogP contribution in [0.25, 0.3) is 0 Å². The summed E-state index contributed by atoms with van der Waals surface area (Å²) in [4.78, 5) is 12.6. The summed E-state index contributed by atoms with van der Waals surface area (Å²) < 4.78 is 31.6. The zero-order chi connectivity index (χ0) is 20.3. The fourth-order valence-electron chi connectivity index (χ4n) is 2.42. The Morgan fingerprint density at radius 2 is 1.96 bits per heavy atom. The summed E-state index contributed by atoms with van der Waals surface area (Å²) in [7, 11) is 0. The maximum atomic E-state index is 12.6. The van der Waals surface area contributed by atoms with Crippen LogP contribution in [0.15, 0.2) is 53.1 Å². The predicted octanol–water partition coefficient (Wildman–Crippen LogP) is 5.85. The van der Waals surface area contributed by atoms with Crippen molar-refractivity contribution in [3.05, 3.63) is 74.3 Å². The largest absolute Gasteiger partial charge is 0.434 e. The molecule has 5 nitrogen and oxygen atoms in total. The lowest BCUT2D eigenvalue weighted by Crippen LogP contribution is -2.16. The van der Waals surface area contributed by atoms with E-state index >= 15 is 0 Å². The molecule has 28 heavy (non-hydrogen) atoms. The third kappa shape index (κ3) is 5.01. The monoisotopic (exact) mass is 489 g/mol. The number of hydrogen-bond acceptors (Lipinski definition) is 3. The van der Waals surface area contributed by atoms with Crippen LogP contribution >= 0.6 is 39.1 Å². The maximum Gasteiger partial charge on any atom is 0.387 e. The average molecular weight is 491 g/mol. The summed E-state index contributed by atoms with van der Waals surface area (Å²) in [5.74, 6) is -0.870. The summed E-state index contributed by atoms with van der Waals surface area (Å²) in [6.07, 6.45) is 1.53. The number of halogens is 5. The predicted molar refractivity (Wildman–Crippen MR) is 107 cm³/mol. The van der Waals surface area contributed by atoms with Crippen LogP contribution in [0, 0.1) is 0 Å². The number of nitrogens with zero attached hydrogens (tertiary/aromatic N) is 2. The van der Waals surface area contributed by atoms with Gasteiger partial charge in [0.15, 0.2) is 5.82 Å². The molecule has 0 aliphatic heterocycles. The molecule has 0 spiro atoms. The van der Waals surface area contributed by atoms with E-state index in [4.69, 9.17) is 23.2 Å². The molecule has 0 unspecified atom stereocenters. The van der Waals surface area contributed by atoms with Crippen molar-refractivity contribution in [2.45, 2.75) is 13.2 Å². The first-order chi connectivity index (χ1) is 13.3. The highest BCUT2D eigenvalue weighted by Gasteiger charge is 2.19. The first kappa shape index (κ1) is 20.6. The van der Waals surface area contributed by atoms with Crippen LogP contribution in [0.3, 0.4) is 0 Å². The quantitative estimate of drug-likeness (QED) is 0.471. The van der Waals surface area contributed by atoms with Crippen molar-refractivity contribution in [3.8, 4) is 5.75 Å². The van der Waals surface area contributed by atoms with Crippen LogP contribution in [-0.4, -0.2) is 22.3 Å². The molecule has 0 atom stereocenters. The summed E-state index contributed by atoms with van der Waals surface area (Å²) >= 11 is 15.5. The summed E-state index contributed by atoms with van der Waals surface area (Å²) in [5.41, 5.74) is 0.729. The number of rotatable bonds is 6. The standard InChI is InChI=1S/C18H12BrCl2F2N3O2/c19-11-5-6-15(28-18(22)23)12(7-11)17(27)24-16-14(21)9-26(25-16)8-10-3-1-2-4-13(10)20/h1-7,9,18H,8H2,(H,24,25,27). The molecule has 0 saturated carbocycles. The molecule has 2 aromatic carbocycles. The second-order valence-electron chi connectivity index (χ2n) is 5.59. The molecular weight excluding hydrogens is 479 g/mol. The van der Waals surface area contributed by atoms with Crippen LogP contribution in [0.2, 0.25) is 10.0 Å². The number of nitrogens with one attached hydrogen (secondary N) is 1. The number of carbonyl (C=O) groups is 1. The van der Waals surface area contributed by atoms with Crippen molar-refractivity contribution >= 4 is 50.9 Å². The molecule has 146 valence electrons. The first-order valence-electron chi connectivity index (χ1n) is 7.85. The molecule has 0 fully saturated rings. The number of hydrogen-bond donors (Lipinski definition) is 1. The molecule has 1 aromatic heterocycles. The smallest absolute Gasteiger partial charge is 0.387 e. The van der Waals surface area contributed by atoms with Gasteiger partial charge in [-0.3, -0.25) is 9.48 Å². The molecule has 0 bridgehead atoms. The molecule has 0 saturated heterocycles. The van der Waals surface area contributed by atoms with Gasteiger partial charge in [0.2, 0.25) is 0 Å². The van der Waals surface area contributed by atoms with Crippen LogP contribution in [0.5, 0.6) is 5.75 Å². The Morgan fingerprint density at radius 3 is 2.68 bits per heavy atom. The molecule has 1 amide bonds. The normalized spacial score (nSPS) is 10.9. The number of alkyl halides is 2. The van der Waals surface area contributed by atoms with Crippen LogP contribution in [0.1, 0.15) is 15.9 Å². The molecule has 1 heterocycles. The highest BCUT2D eigenvalue weighted by molar-refractivity contribution is 9.10. The second kappa shape index (κ2) is 8.89. The Morgan fingerprint density at radius 1 is 1.21 bits per heavy atom. The van der Waals surface area contributed by atoms with Gasteiger partial charge < -0.3 is 10.1 Å². The Bertz CT molecular complexity index is 1010. The summed E-state index contributed by atoms with van der Waals surface area (Å²) in [6.45, 7) is -2.72. The third-order valence-corrected chi connectivity index (χ3v) is 4.78. The van der Waals surface area contributed by atoms with E-state index in [1.165, 1.54) is 29.1 Å². The van der Waals surface area contributed by atoms with Crippen LogP contribution in [-0.2, 0) is 6.54 Å². The average Bonchev–Trinajstić information content (AvgIpc) is 2.97. The molecule has 1 N–H and O–H groups in total. The van der Waals surface area contributed by atoms with Crippen molar-refractivity contribution in [1.29, 1.82) is 0 Å². The molecule has 3 rings (SSSR count). The maximum absolute atomic E-state index is 12.6. The minimum atomic E-state index is -3.06. The van der Waals surface area contributed by atoms with Crippen LogP contribution in [0.4, 0.5) is 14.6 Å². The van der Waals surface area contributed by atoms with Crippen molar-refractivity contribution in [1.82, 2.24) is 9.78 Å². The molecule has 10 heteroatoms. The van der Waals surface area contributed by atoms with E-state index < -0.39 is 12.5 Å². The van der Waals surface area contributed by atoms with Gasteiger partial charge in [0.1, 0.15) is 10.8 Å². The van der Waals surface area contributed by atoms with Gasteiger partial charge in [0.05, 0.1) is 12.1 Å². The van der Waals surface area contributed by atoms with E-state index in [0.717, 1.165) is 5.56 Å². The highest BCUT2D eigenvalue weighted by Crippen LogP contribution is 2.27. The Hall–Kier alpha value is -2.16. The highest BCUT2D eigenvalue weighted by atomic mass is 79.9. The van der Waals surface area contributed by atoms with Gasteiger partial charge in [-0.15, -0.1) is 0 Å². The fraction of sp³-hybridized carbons (Fsp3) is 0.111. The summed E-state index contributed by atoms with van der Waals surface area (Å²) in [6, 6.07) is 11.4. The number of carbonyl (C=O) groups excluding carboxylic acids is 1. The van der Waals surface area contributed by atoms with Gasteiger partial charge in [-0.1, -0.05) is 57.3 Å². The zero-order valence-electron chi connectivity index (χ0n) is 14.0. The van der Waals surface area contributed by atoms with Gasteiger partial charge in [0.25, 0.3) is 5.91 Å². The van der Waals surface area contributed by atoms with E-state index in [-0.39, 0.29) is 22.2 Å². The summed E-state index contributed by atoms with van der Waals surface area (Å²) in [5, 5.41) is 7.48. The molecule has 3 aromatic rings. The van der Waals surface area contributed by atoms with Gasteiger partial charge >= 0.3 is 6.61 Å². The molecule has 0 radical (unpaired) electrons. The number of benzene rings is 2. The number of amides is 1. The van der Waals surface area contributed by atoms with Gasteiger partial charge in [-0.05, 0) is 29.8 Å². The molecular formula is C18H12BrCl2F2N3O2. The van der Waals surface area contributed by atoms with E-state index in [0.29, 0.717) is 16.0 Å². The Kier molecular flexibility index (Phi) is 6.53. The van der Waals surface area contributed by atoms with Crippen molar-refractivity contribution < 1.29 is 18.3 Å². The fourth-order valence-corrected chi connectivity index (χ4v) is 3.17. The lowest BCUT2D eigenvalue weighted by atomic mass is 10.2. The lowest BCUT2D eigenvalue weighted by molar-refractivity contribution is -0.0501. The van der Waals surface area contributed by atoms with E-state index in [2.05, 4.69) is 31.1 Å². The van der Waals surface area contributed by atoms with Crippen molar-refractivity contribution in [2.75, 3.05) is 5.32 Å². The molecule has 0 aliphatic carbocycles.